The van der Waals surface area contributed by atoms with Gasteiger partial charge in [-0.25, -0.2) is 22.9 Å². The largest absolute Gasteiger partial charge is 0.478 e. The summed E-state index contributed by atoms with van der Waals surface area (Å²) in [6.45, 7) is 2.37. The molecule has 2 aromatic rings. The summed E-state index contributed by atoms with van der Waals surface area (Å²) in [4.78, 5) is 15.4. The molecule has 0 bridgehead atoms. The normalized spacial score (nSPS) is 11.9. The van der Waals surface area contributed by atoms with E-state index in [2.05, 4.69) is 9.71 Å². The number of fused-ring (bicyclic) bond motifs is 1. The van der Waals surface area contributed by atoms with Crippen LogP contribution in [0.4, 0.5) is 0 Å². The van der Waals surface area contributed by atoms with E-state index in [1.165, 1.54) is 6.07 Å². The summed E-state index contributed by atoms with van der Waals surface area (Å²) in [5.41, 5.74) is 1.23. The molecule has 8 heteroatoms. The average molecular weight is 297 g/mol. The van der Waals surface area contributed by atoms with Crippen molar-refractivity contribution in [2.24, 2.45) is 0 Å². The first kappa shape index (κ1) is 14.5. The summed E-state index contributed by atoms with van der Waals surface area (Å²) in [6.07, 6.45) is 1.09. The van der Waals surface area contributed by atoms with Crippen LogP contribution in [0.25, 0.3) is 11.0 Å². The summed E-state index contributed by atoms with van der Waals surface area (Å²) in [6, 6.07) is 4.91. The van der Waals surface area contributed by atoms with E-state index in [4.69, 9.17) is 5.11 Å². The molecule has 0 amide bonds. The Bertz CT molecular complexity index is 764. The number of nitrogens with one attached hydrogen (secondary N) is 1. The van der Waals surface area contributed by atoms with E-state index in [9.17, 15) is 13.2 Å². The minimum absolute atomic E-state index is 0.139. The summed E-state index contributed by atoms with van der Waals surface area (Å²) >= 11 is 0. The smallest absolute Gasteiger partial charge is 0.337 e. The highest BCUT2D eigenvalue weighted by atomic mass is 32.2. The number of benzene rings is 1. The number of rotatable bonds is 5. The molecule has 20 heavy (non-hydrogen) atoms. The van der Waals surface area contributed by atoms with Gasteiger partial charge < -0.3 is 9.67 Å². The SMILES string of the molecule is Cc1nc2c(C(=O)O)cccc2n1CCNS(C)(=O)=O. The number of hydrogen-bond acceptors (Lipinski definition) is 4. The third-order valence-electron chi connectivity index (χ3n) is 2.90. The lowest BCUT2D eigenvalue weighted by Gasteiger charge is -2.07. The van der Waals surface area contributed by atoms with E-state index < -0.39 is 16.0 Å². The zero-order valence-electron chi connectivity index (χ0n) is 11.1. The van der Waals surface area contributed by atoms with Crippen molar-refractivity contribution in [2.45, 2.75) is 13.5 Å². The van der Waals surface area contributed by atoms with Crippen LogP contribution in [-0.2, 0) is 16.6 Å². The number of aromatic nitrogens is 2. The Morgan fingerprint density at radius 2 is 2.15 bits per heavy atom. The van der Waals surface area contributed by atoms with Crippen molar-refractivity contribution >= 4 is 27.0 Å². The molecule has 1 heterocycles. The summed E-state index contributed by atoms with van der Waals surface area (Å²) in [5.74, 6) is -0.390. The molecule has 0 saturated carbocycles. The van der Waals surface area contributed by atoms with E-state index in [1.807, 2.05) is 0 Å². The minimum atomic E-state index is -3.24. The van der Waals surface area contributed by atoms with Crippen LogP contribution in [-0.4, -0.2) is 41.8 Å². The molecule has 0 saturated heterocycles. The first-order valence-electron chi connectivity index (χ1n) is 5.93. The van der Waals surface area contributed by atoms with Gasteiger partial charge in [0.05, 0.1) is 17.3 Å². The van der Waals surface area contributed by atoms with Crippen molar-refractivity contribution in [3.05, 3.63) is 29.6 Å². The molecule has 1 aromatic heterocycles. The Hall–Kier alpha value is -1.93. The van der Waals surface area contributed by atoms with Gasteiger partial charge in [-0.2, -0.15) is 0 Å². The van der Waals surface area contributed by atoms with Crippen LogP contribution in [0.5, 0.6) is 0 Å². The molecular formula is C12H15N3O4S. The number of hydrogen-bond donors (Lipinski definition) is 2. The van der Waals surface area contributed by atoms with Crippen molar-refractivity contribution in [1.82, 2.24) is 14.3 Å². The van der Waals surface area contributed by atoms with Crippen molar-refractivity contribution in [1.29, 1.82) is 0 Å². The molecule has 0 aliphatic heterocycles. The fraction of sp³-hybridized carbons (Fsp3) is 0.333. The molecule has 108 valence electrons. The van der Waals surface area contributed by atoms with Crippen LogP contribution in [0.1, 0.15) is 16.2 Å². The molecule has 7 nitrogen and oxygen atoms in total. The molecule has 0 aliphatic rings. The van der Waals surface area contributed by atoms with Gasteiger partial charge in [0.1, 0.15) is 11.3 Å². The van der Waals surface area contributed by atoms with Gasteiger partial charge >= 0.3 is 5.97 Å². The van der Waals surface area contributed by atoms with Gasteiger partial charge in [-0.1, -0.05) is 6.07 Å². The van der Waals surface area contributed by atoms with Gasteiger partial charge in [0.2, 0.25) is 10.0 Å². The number of aromatic carboxylic acids is 1. The first-order chi connectivity index (χ1) is 9.29. The van der Waals surface area contributed by atoms with Gasteiger partial charge in [0, 0.05) is 13.1 Å². The molecule has 0 aliphatic carbocycles. The fourth-order valence-electron chi connectivity index (χ4n) is 2.06. The minimum Gasteiger partial charge on any atom is -0.478 e. The fourth-order valence-corrected chi connectivity index (χ4v) is 2.52. The third-order valence-corrected chi connectivity index (χ3v) is 3.63. The van der Waals surface area contributed by atoms with Gasteiger partial charge in [-0.3, -0.25) is 0 Å². The molecule has 0 fully saturated rings. The Morgan fingerprint density at radius 1 is 1.45 bits per heavy atom. The highest BCUT2D eigenvalue weighted by molar-refractivity contribution is 7.88. The Balaban J connectivity index is 2.37. The van der Waals surface area contributed by atoms with E-state index in [0.29, 0.717) is 23.4 Å². The van der Waals surface area contributed by atoms with Gasteiger partial charge in [-0.15, -0.1) is 0 Å². The number of nitrogens with zero attached hydrogens (tertiary/aromatic N) is 2. The molecular weight excluding hydrogens is 282 g/mol. The zero-order valence-corrected chi connectivity index (χ0v) is 11.9. The van der Waals surface area contributed by atoms with Crippen molar-refractivity contribution < 1.29 is 18.3 Å². The maximum Gasteiger partial charge on any atom is 0.337 e. The third kappa shape index (κ3) is 2.97. The molecule has 2 rings (SSSR count). The van der Waals surface area contributed by atoms with Gasteiger partial charge in [0.25, 0.3) is 0 Å². The maximum atomic E-state index is 11.1. The number of carbonyl (C=O) groups is 1. The van der Waals surface area contributed by atoms with Crippen LogP contribution in [0.15, 0.2) is 18.2 Å². The Morgan fingerprint density at radius 3 is 2.75 bits per heavy atom. The Labute approximate surface area is 116 Å². The average Bonchev–Trinajstić information content (AvgIpc) is 2.64. The van der Waals surface area contributed by atoms with Gasteiger partial charge in [0.15, 0.2) is 0 Å². The number of imidazole rings is 1. The number of carboxylic acid groups (broad SMARTS) is 1. The van der Waals surface area contributed by atoms with Crippen LogP contribution >= 0.6 is 0 Å². The van der Waals surface area contributed by atoms with E-state index in [1.54, 1.807) is 23.6 Å². The second-order valence-corrected chi connectivity index (χ2v) is 6.29. The number of sulfonamides is 1. The lowest BCUT2D eigenvalue weighted by atomic mass is 10.2. The molecule has 0 unspecified atom stereocenters. The maximum absolute atomic E-state index is 11.1. The van der Waals surface area contributed by atoms with E-state index in [-0.39, 0.29) is 12.1 Å². The van der Waals surface area contributed by atoms with Crippen molar-refractivity contribution in [3.63, 3.8) is 0 Å². The molecule has 0 radical (unpaired) electrons. The molecule has 2 N–H and O–H groups in total. The van der Waals surface area contributed by atoms with E-state index in [0.717, 1.165) is 6.26 Å². The van der Waals surface area contributed by atoms with Crippen LogP contribution < -0.4 is 4.72 Å². The summed E-state index contributed by atoms with van der Waals surface area (Å²) < 4.78 is 26.3. The molecule has 0 spiro atoms. The second-order valence-electron chi connectivity index (χ2n) is 4.46. The monoisotopic (exact) mass is 297 g/mol. The van der Waals surface area contributed by atoms with E-state index >= 15 is 0 Å². The highest BCUT2D eigenvalue weighted by Crippen LogP contribution is 2.19. The zero-order chi connectivity index (χ0) is 14.9. The lowest BCUT2D eigenvalue weighted by Crippen LogP contribution is -2.26. The number of para-hydroxylation sites is 1. The Kier molecular flexibility index (Phi) is 3.78. The summed E-state index contributed by atoms with van der Waals surface area (Å²) in [5, 5.41) is 9.12. The van der Waals surface area contributed by atoms with Crippen molar-refractivity contribution in [2.75, 3.05) is 12.8 Å². The second kappa shape index (κ2) is 5.22. The quantitative estimate of drug-likeness (QED) is 0.841. The number of aryl methyl sites for hydroxylation is 1. The highest BCUT2D eigenvalue weighted by Gasteiger charge is 2.14. The van der Waals surface area contributed by atoms with Crippen LogP contribution in [0.2, 0.25) is 0 Å². The number of carboxylic acids is 1. The first-order valence-corrected chi connectivity index (χ1v) is 7.82. The predicted molar refractivity (Wildman–Crippen MR) is 74.3 cm³/mol. The van der Waals surface area contributed by atoms with Gasteiger partial charge in [-0.05, 0) is 19.1 Å². The summed E-state index contributed by atoms with van der Waals surface area (Å²) in [7, 11) is -3.24. The lowest BCUT2D eigenvalue weighted by molar-refractivity contribution is 0.0699. The van der Waals surface area contributed by atoms with Crippen molar-refractivity contribution in [3.8, 4) is 0 Å². The van der Waals surface area contributed by atoms with Crippen LogP contribution in [0, 0.1) is 6.92 Å². The predicted octanol–water partition coefficient (Wildman–Crippen LogP) is 0.592. The molecule has 0 atom stereocenters. The van der Waals surface area contributed by atoms with Crippen LogP contribution in [0.3, 0.4) is 0 Å². The molecule has 1 aromatic carbocycles. The standard InChI is InChI=1S/C12H15N3O4S/c1-8-14-11-9(12(16)17)4-3-5-10(11)15(8)7-6-13-20(2,18)19/h3-5,13H,6-7H2,1-2H3,(H,16,17). The topological polar surface area (TPSA) is 101 Å².